The van der Waals surface area contributed by atoms with E-state index in [0.29, 0.717) is 5.56 Å². The van der Waals surface area contributed by atoms with Crippen molar-refractivity contribution in [1.82, 2.24) is 4.98 Å². The minimum absolute atomic E-state index is 0.111. The number of nitrogens with one attached hydrogen (secondary N) is 1. The number of aliphatic hydroxyl groups is 1. The van der Waals surface area contributed by atoms with Crippen LogP contribution in [0.25, 0.3) is 11.1 Å². The maximum Gasteiger partial charge on any atom is 0.387 e. The molecule has 0 spiro atoms. The highest BCUT2D eigenvalue weighted by atomic mass is 19.3. The normalized spacial score (nSPS) is 16.8. The molecule has 0 bridgehead atoms. The zero-order valence-corrected chi connectivity index (χ0v) is 19.2. The summed E-state index contributed by atoms with van der Waals surface area (Å²) in [5.74, 6) is -4.90. The van der Waals surface area contributed by atoms with Crippen LogP contribution >= 0.6 is 0 Å². The number of hydrogen-bond acceptors (Lipinski definition) is 6. The summed E-state index contributed by atoms with van der Waals surface area (Å²) in [6.07, 6.45) is 1.52. The van der Waals surface area contributed by atoms with Crippen LogP contribution in [-0.2, 0) is 10.7 Å². The number of nitrogens with zero attached hydrogens (tertiary/aromatic N) is 3. The monoisotopic (exact) mass is 502 g/mol. The minimum atomic E-state index is -3.08. The number of aliphatic hydroxyl groups excluding tert-OH is 1. The van der Waals surface area contributed by atoms with Gasteiger partial charge in [-0.15, -0.1) is 0 Å². The quantitative estimate of drug-likeness (QED) is 0.325. The molecular formula is C25H22F4N4O3. The van der Waals surface area contributed by atoms with Crippen LogP contribution in [0.3, 0.4) is 0 Å². The Bertz CT molecular complexity index is 1280. The molecule has 188 valence electrons. The fourth-order valence-corrected chi connectivity index (χ4v) is 3.86. The van der Waals surface area contributed by atoms with E-state index in [-0.39, 0.29) is 34.0 Å². The number of anilines is 2. The fourth-order valence-electron chi connectivity index (χ4n) is 3.86. The van der Waals surface area contributed by atoms with Gasteiger partial charge in [-0.25, -0.2) is 13.8 Å². The van der Waals surface area contributed by atoms with E-state index in [1.165, 1.54) is 54.9 Å². The Morgan fingerprint density at radius 1 is 1.14 bits per heavy atom. The molecule has 0 fully saturated rings. The van der Waals surface area contributed by atoms with Gasteiger partial charge in [0, 0.05) is 41.7 Å². The second-order valence-electron chi connectivity index (χ2n) is 8.23. The number of ether oxygens (including phenoxy) is 1. The molecule has 11 heteroatoms. The van der Waals surface area contributed by atoms with Gasteiger partial charge in [-0.05, 0) is 43.3 Å². The Balaban J connectivity index is 1.60. The first kappa shape index (κ1) is 25.1. The molecule has 36 heavy (non-hydrogen) atoms. The zero-order valence-electron chi connectivity index (χ0n) is 19.2. The van der Waals surface area contributed by atoms with Crippen LogP contribution in [0.5, 0.6) is 5.75 Å². The third kappa shape index (κ3) is 5.30. The van der Waals surface area contributed by atoms with Crippen molar-refractivity contribution < 1.29 is 32.2 Å². The van der Waals surface area contributed by atoms with Gasteiger partial charge in [-0.2, -0.15) is 13.9 Å². The van der Waals surface area contributed by atoms with E-state index in [4.69, 9.17) is 0 Å². The Kier molecular flexibility index (Phi) is 6.93. The summed E-state index contributed by atoms with van der Waals surface area (Å²) in [5.41, 5.74) is 1.22. The molecule has 1 aliphatic rings. The zero-order chi connectivity index (χ0) is 26.0. The summed E-state index contributed by atoms with van der Waals surface area (Å²) >= 11 is 0. The summed E-state index contributed by atoms with van der Waals surface area (Å²) < 4.78 is 57.8. The van der Waals surface area contributed by atoms with Gasteiger partial charge in [-0.3, -0.25) is 9.78 Å². The van der Waals surface area contributed by atoms with Crippen LogP contribution < -0.4 is 15.1 Å². The van der Waals surface area contributed by atoms with E-state index in [2.05, 4.69) is 20.1 Å². The van der Waals surface area contributed by atoms with Crippen molar-refractivity contribution in [2.75, 3.05) is 10.3 Å². The van der Waals surface area contributed by atoms with Gasteiger partial charge in [0.15, 0.2) is 0 Å². The van der Waals surface area contributed by atoms with E-state index in [0.717, 1.165) is 11.9 Å². The molecule has 0 saturated heterocycles. The average Bonchev–Trinajstić information content (AvgIpc) is 3.13. The molecule has 1 amide bonds. The molecule has 7 nitrogen and oxygen atoms in total. The molecule has 4 rings (SSSR count). The Hall–Kier alpha value is -3.99. The van der Waals surface area contributed by atoms with Gasteiger partial charge in [0.25, 0.3) is 11.8 Å². The largest absolute Gasteiger partial charge is 0.434 e. The van der Waals surface area contributed by atoms with Crippen LogP contribution in [0.15, 0.2) is 72.1 Å². The number of benzene rings is 2. The third-order valence-corrected chi connectivity index (χ3v) is 5.58. The topological polar surface area (TPSA) is 87.0 Å². The number of carbonyl (C=O) groups is 1. The Labute approximate surface area is 204 Å². The highest BCUT2D eigenvalue weighted by Crippen LogP contribution is 2.37. The van der Waals surface area contributed by atoms with Gasteiger partial charge in [0.05, 0.1) is 11.4 Å². The third-order valence-electron chi connectivity index (χ3n) is 5.58. The number of aromatic nitrogens is 1. The number of hydrogen-bond donors (Lipinski definition) is 2. The standard InChI is InChI=1S/C25H22F4N4O3/c1-14-21(22(34)31-17-7-3-6-16(11-17)25(2,28)29)23(35)33(32-14)18-8-9-20(36-24(26)27)19(12-18)15-5-4-10-30-13-15/h3-13,21-22,24,31,34H,1-2H3. The predicted molar refractivity (Wildman–Crippen MR) is 126 cm³/mol. The second kappa shape index (κ2) is 9.94. The van der Waals surface area contributed by atoms with Crippen LogP contribution in [-0.4, -0.2) is 34.5 Å². The van der Waals surface area contributed by atoms with E-state index >= 15 is 0 Å². The molecule has 2 atom stereocenters. The lowest BCUT2D eigenvalue weighted by atomic mass is 10.0. The van der Waals surface area contributed by atoms with E-state index in [1.54, 1.807) is 19.1 Å². The van der Waals surface area contributed by atoms with Gasteiger partial charge in [-0.1, -0.05) is 18.2 Å². The van der Waals surface area contributed by atoms with Crippen LogP contribution in [0.1, 0.15) is 19.4 Å². The van der Waals surface area contributed by atoms with Crippen LogP contribution in [0, 0.1) is 5.92 Å². The van der Waals surface area contributed by atoms with E-state index < -0.39 is 30.6 Å². The summed E-state index contributed by atoms with van der Waals surface area (Å²) in [5, 5.41) is 18.7. The van der Waals surface area contributed by atoms with Crippen molar-refractivity contribution in [1.29, 1.82) is 0 Å². The maximum absolute atomic E-state index is 13.7. The van der Waals surface area contributed by atoms with Gasteiger partial charge in [0.1, 0.15) is 17.9 Å². The van der Waals surface area contributed by atoms with Crippen LogP contribution in [0.2, 0.25) is 0 Å². The maximum atomic E-state index is 13.7. The molecule has 1 aliphatic heterocycles. The highest BCUT2D eigenvalue weighted by molar-refractivity contribution is 6.15. The van der Waals surface area contributed by atoms with Crippen molar-refractivity contribution in [2.45, 2.75) is 32.6 Å². The van der Waals surface area contributed by atoms with Crippen molar-refractivity contribution in [2.24, 2.45) is 11.0 Å². The molecule has 3 aromatic rings. The second-order valence-corrected chi connectivity index (χ2v) is 8.23. The first-order valence-electron chi connectivity index (χ1n) is 10.9. The smallest absolute Gasteiger partial charge is 0.387 e. The van der Waals surface area contributed by atoms with Crippen LogP contribution in [0.4, 0.5) is 28.9 Å². The van der Waals surface area contributed by atoms with Gasteiger partial charge in [0.2, 0.25) is 0 Å². The Morgan fingerprint density at radius 2 is 1.92 bits per heavy atom. The molecule has 2 N–H and O–H groups in total. The average molecular weight is 502 g/mol. The number of halogens is 4. The molecule has 0 saturated carbocycles. The lowest BCUT2D eigenvalue weighted by Gasteiger charge is -2.22. The number of alkyl halides is 4. The SMILES string of the molecule is CC1=NN(c2ccc(OC(F)F)c(-c3cccnc3)c2)C(=O)C1C(O)Nc1cccc(C(C)(F)F)c1. The molecule has 2 aromatic carbocycles. The van der Waals surface area contributed by atoms with Gasteiger partial charge >= 0.3 is 6.61 Å². The highest BCUT2D eigenvalue weighted by Gasteiger charge is 2.40. The number of rotatable bonds is 8. The molecular weight excluding hydrogens is 480 g/mol. The summed E-state index contributed by atoms with van der Waals surface area (Å²) in [7, 11) is 0. The molecule has 0 aliphatic carbocycles. The number of carbonyl (C=O) groups excluding carboxylic acids is 1. The first-order chi connectivity index (χ1) is 17.0. The Morgan fingerprint density at radius 3 is 2.58 bits per heavy atom. The van der Waals surface area contributed by atoms with Crippen molar-refractivity contribution >= 4 is 23.0 Å². The number of pyridine rings is 1. The fraction of sp³-hybridized carbons (Fsp3) is 0.240. The minimum Gasteiger partial charge on any atom is -0.434 e. The van der Waals surface area contributed by atoms with E-state index in [9.17, 15) is 27.5 Å². The summed E-state index contributed by atoms with van der Waals surface area (Å²) in [6.45, 7) is -0.758. The van der Waals surface area contributed by atoms with Crippen molar-refractivity contribution in [3.8, 4) is 16.9 Å². The predicted octanol–water partition coefficient (Wildman–Crippen LogP) is 5.23. The first-order valence-corrected chi connectivity index (χ1v) is 10.9. The lowest BCUT2D eigenvalue weighted by molar-refractivity contribution is -0.121. The van der Waals surface area contributed by atoms with Crippen molar-refractivity contribution in [3.05, 3.63) is 72.6 Å². The molecule has 2 heterocycles. The lowest BCUT2D eigenvalue weighted by Crippen LogP contribution is -2.39. The summed E-state index contributed by atoms with van der Waals surface area (Å²) in [6, 6.07) is 12.8. The molecule has 0 radical (unpaired) electrons. The summed E-state index contributed by atoms with van der Waals surface area (Å²) in [4.78, 5) is 17.2. The van der Waals surface area contributed by atoms with Gasteiger partial charge < -0.3 is 15.2 Å². The molecule has 1 aromatic heterocycles. The van der Waals surface area contributed by atoms with Crippen molar-refractivity contribution in [3.63, 3.8) is 0 Å². The van der Waals surface area contributed by atoms with E-state index in [1.807, 2.05) is 0 Å². The molecule has 2 unspecified atom stereocenters. The number of amides is 1. The number of hydrazone groups is 1.